The Labute approximate surface area is 165 Å². The Kier molecular flexibility index (Phi) is 5.74. The molecule has 5 heteroatoms. The van der Waals surface area contributed by atoms with Gasteiger partial charge in [0.15, 0.2) is 5.78 Å². The summed E-state index contributed by atoms with van der Waals surface area (Å²) in [4.78, 5) is 26.6. The van der Waals surface area contributed by atoms with E-state index in [4.69, 9.17) is 11.6 Å². The number of carbonyl (C=O) groups is 1. The van der Waals surface area contributed by atoms with Crippen molar-refractivity contribution in [3.05, 3.63) is 103 Å². The number of carbonyl (C=O) groups excluding carboxylic acids is 1. The number of nitrogens with one attached hydrogen (secondary N) is 1. The number of pyridine rings is 1. The first-order chi connectivity index (χ1) is 12.4. The second-order valence-corrected chi connectivity index (χ2v) is 7.53. The zero-order valence-electron chi connectivity index (χ0n) is 14.1. The minimum absolute atomic E-state index is 0.0245. The molecule has 0 radical (unpaired) electrons. The van der Waals surface area contributed by atoms with Gasteiger partial charge in [-0.2, -0.15) is 0 Å². The van der Waals surface area contributed by atoms with Crippen molar-refractivity contribution in [1.82, 2.24) is 4.98 Å². The molecule has 0 aliphatic carbocycles. The molecule has 3 nitrogen and oxygen atoms in total. The molecular weight excluding hydrogens is 414 g/mol. The number of H-pyrrole nitrogens is 1. The zero-order valence-corrected chi connectivity index (χ0v) is 16.5. The highest BCUT2D eigenvalue weighted by atomic mass is 79.9. The molecule has 1 atom stereocenters. The van der Waals surface area contributed by atoms with Crippen LogP contribution in [0, 0.1) is 6.92 Å². The van der Waals surface area contributed by atoms with E-state index in [0.29, 0.717) is 17.0 Å². The molecule has 1 N–H and O–H groups in total. The number of rotatable bonds is 5. The van der Waals surface area contributed by atoms with Crippen molar-refractivity contribution >= 4 is 33.3 Å². The number of halogens is 2. The third-order valence-electron chi connectivity index (χ3n) is 4.38. The third-order valence-corrected chi connectivity index (χ3v) is 5.14. The highest BCUT2D eigenvalue weighted by Gasteiger charge is 2.21. The van der Waals surface area contributed by atoms with Gasteiger partial charge in [0, 0.05) is 39.7 Å². The first kappa shape index (κ1) is 18.6. The summed E-state index contributed by atoms with van der Waals surface area (Å²) in [5, 5.41) is 0.674. The van der Waals surface area contributed by atoms with Gasteiger partial charge in [0.25, 0.3) is 0 Å². The molecule has 26 heavy (non-hydrogen) atoms. The van der Waals surface area contributed by atoms with Crippen molar-refractivity contribution in [2.45, 2.75) is 19.3 Å². The van der Waals surface area contributed by atoms with Gasteiger partial charge in [-0.15, -0.1) is 0 Å². The molecule has 3 aromatic rings. The minimum Gasteiger partial charge on any atom is -0.328 e. The van der Waals surface area contributed by atoms with Gasteiger partial charge in [0.1, 0.15) is 0 Å². The number of aromatic amines is 1. The summed E-state index contributed by atoms with van der Waals surface area (Å²) in [6, 6.07) is 16.6. The van der Waals surface area contributed by atoms with E-state index in [1.54, 1.807) is 6.07 Å². The molecule has 0 fully saturated rings. The molecule has 2 aromatic carbocycles. The second-order valence-electron chi connectivity index (χ2n) is 6.17. The van der Waals surface area contributed by atoms with Gasteiger partial charge < -0.3 is 4.98 Å². The van der Waals surface area contributed by atoms with Gasteiger partial charge >= 0.3 is 0 Å². The van der Waals surface area contributed by atoms with Crippen molar-refractivity contribution in [3.8, 4) is 0 Å². The molecular formula is C21H17BrClNO2. The fraction of sp³-hybridized carbons (Fsp3) is 0.143. The monoisotopic (exact) mass is 429 g/mol. The Morgan fingerprint density at radius 2 is 1.85 bits per heavy atom. The van der Waals surface area contributed by atoms with Gasteiger partial charge in [-0.05, 0) is 53.9 Å². The van der Waals surface area contributed by atoms with Crippen molar-refractivity contribution < 1.29 is 4.79 Å². The maximum absolute atomic E-state index is 12.8. The molecule has 0 aliphatic heterocycles. The van der Waals surface area contributed by atoms with Crippen LogP contribution < -0.4 is 5.56 Å². The number of ketones is 1. The van der Waals surface area contributed by atoms with Crippen LogP contribution in [-0.4, -0.2) is 10.8 Å². The van der Waals surface area contributed by atoms with Crippen molar-refractivity contribution in [2.24, 2.45) is 0 Å². The highest BCUT2D eigenvalue weighted by Crippen LogP contribution is 2.33. The van der Waals surface area contributed by atoms with E-state index in [9.17, 15) is 9.59 Å². The molecule has 0 aliphatic rings. The summed E-state index contributed by atoms with van der Waals surface area (Å²) in [5.41, 5.74) is 3.43. The molecule has 1 unspecified atom stereocenters. The summed E-state index contributed by atoms with van der Waals surface area (Å²) in [7, 11) is 0. The first-order valence-corrected chi connectivity index (χ1v) is 9.34. The van der Waals surface area contributed by atoms with E-state index in [-0.39, 0.29) is 17.3 Å². The number of aryl methyl sites for hydroxylation is 1. The van der Waals surface area contributed by atoms with Gasteiger partial charge in [-0.1, -0.05) is 45.7 Å². The van der Waals surface area contributed by atoms with E-state index >= 15 is 0 Å². The van der Waals surface area contributed by atoms with Crippen molar-refractivity contribution in [3.63, 3.8) is 0 Å². The Bertz CT molecular complexity index is 975. The molecule has 3 rings (SSSR count). The lowest BCUT2D eigenvalue weighted by atomic mass is 9.84. The molecule has 0 amide bonds. The lowest BCUT2D eigenvalue weighted by molar-refractivity contribution is 0.0977. The lowest BCUT2D eigenvalue weighted by Gasteiger charge is -2.20. The fourth-order valence-electron chi connectivity index (χ4n) is 3.02. The van der Waals surface area contributed by atoms with Crippen molar-refractivity contribution in [1.29, 1.82) is 0 Å². The standard InChI is InChI=1S/C21H17BrClNO2/c1-13-10-17(23)7-8-18(13)19(14-2-5-16(22)6-3-14)11-20(25)15-4-9-21(26)24-12-15/h2-10,12,19H,11H2,1H3,(H,24,26). The summed E-state index contributed by atoms with van der Waals surface area (Å²) in [6.07, 6.45) is 1.77. The fourth-order valence-corrected chi connectivity index (χ4v) is 3.51. The number of aromatic nitrogens is 1. The first-order valence-electron chi connectivity index (χ1n) is 8.17. The SMILES string of the molecule is Cc1cc(Cl)ccc1C(CC(=O)c1ccc(=O)[nH]c1)c1ccc(Br)cc1. The average molecular weight is 431 g/mol. The number of benzene rings is 2. The quantitative estimate of drug-likeness (QED) is 0.543. The predicted molar refractivity (Wildman–Crippen MR) is 108 cm³/mol. The number of Topliss-reactive ketones (excluding diaryl/α,β-unsaturated/α-hetero) is 1. The molecule has 0 spiro atoms. The Hall–Kier alpha value is -2.17. The zero-order chi connectivity index (χ0) is 18.7. The summed E-state index contributed by atoms with van der Waals surface area (Å²) in [6.45, 7) is 2.00. The Morgan fingerprint density at radius 3 is 2.46 bits per heavy atom. The van der Waals surface area contributed by atoms with Crippen LogP contribution in [0.3, 0.4) is 0 Å². The Morgan fingerprint density at radius 1 is 1.12 bits per heavy atom. The van der Waals surface area contributed by atoms with Crippen LogP contribution in [0.2, 0.25) is 5.02 Å². The van der Waals surface area contributed by atoms with Crippen LogP contribution in [0.4, 0.5) is 0 Å². The van der Waals surface area contributed by atoms with Crippen LogP contribution in [0.1, 0.15) is 39.4 Å². The van der Waals surface area contributed by atoms with E-state index in [1.807, 2.05) is 49.4 Å². The maximum Gasteiger partial charge on any atom is 0.247 e. The largest absolute Gasteiger partial charge is 0.328 e. The van der Waals surface area contributed by atoms with E-state index in [0.717, 1.165) is 21.2 Å². The average Bonchev–Trinajstić information content (AvgIpc) is 2.61. The summed E-state index contributed by atoms with van der Waals surface area (Å²) in [5.74, 6) is -0.122. The smallest absolute Gasteiger partial charge is 0.247 e. The topological polar surface area (TPSA) is 49.9 Å². The molecule has 132 valence electrons. The van der Waals surface area contributed by atoms with Gasteiger partial charge in [0.05, 0.1) is 0 Å². The number of hydrogen-bond donors (Lipinski definition) is 1. The molecule has 1 aromatic heterocycles. The van der Waals surface area contributed by atoms with E-state index < -0.39 is 0 Å². The highest BCUT2D eigenvalue weighted by molar-refractivity contribution is 9.10. The molecule has 0 saturated heterocycles. The van der Waals surface area contributed by atoms with Gasteiger partial charge in [-0.3, -0.25) is 9.59 Å². The molecule has 0 bridgehead atoms. The molecule has 0 saturated carbocycles. The third kappa shape index (κ3) is 4.32. The lowest BCUT2D eigenvalue weighted by Crippen LogP contribution is -2.12. The van der Waals surface area contributed by atoms with Crippen LogP contribution in [0.5, 0.6) is 0 Å². The van der Waals surface area contributed by atoms with Crippen molar-refractivity contribution in [2.75, 3.05) is 0 Å². The maximum atomic E-state index is 12.8. The predicted octanol–water partition coefficient (Wildman–Crippen LogP) is 5.50. The number of hydrogen-bond acceptors (Lipinski definition) is 2. The van der Waals surface area contributed by atoms with Crippen LogP contribution in [-0.2, 0) is 0 Å². The summed E-state index contributed by atoms with van der Waals surface area (Å²) >= 11 is 9.55. The van der Waals surface area contributed by atoms with Crippen LogP contribution in [0.15, 0.2) is 70.1 Å². The minimum atomic E-state index is -0.223. The second kappa shape index (κ2) is 8.02. The van der Waals surface area contributed by atoms with E-state index in [2.05, 4.69) is 20.9 Å². The van der Waals surface area contributed by atoms with E-state index in [1.165, 1.54) is 12.3 Å². The molecule has 1 heterocycles. The van der Waals surface area contributed by atoms with Gasteiger partial charge in [0.2, 0.25) is 5.56 Å². The van der Waals surface area contributed by atoms with Gasteiger partial charge in [-0.25, -0.2) is 0 Å². The Balaban J connectivity index is 1.99. The summed E-state index contributed by atoms with van der Waals surface area (Å²) < 4.78 is 0.986. The van der Waals surface area contributed by atoms with Crippen LogP contribution >= 0.6 is 27.5 Å². The normalized spacial score (nSPS) is 12.0. The van der Waals surface area contributed by atoms with Crippen LogP contribution in [0.25, 0.3) is 0 Å².